The van der Waals surface area contributed by atoms with Crippen LogP contribution in [0.1, 0.15) is 0 Å². The van der Waals surface area contributed by atoms with E-state index < -0.39 is 0 Å². The van der Waals surface area contributed by atoms with E-state index in [2.05, 4.69) is 15.1 Å². The fourth-order valence-corrected chi connectivity index (χ4v) is 2.40. The van der Waals surface area contributed by atoms with Crippen molar-refractivity contribution in [1.82, 2.24) is 19.6 Å². The molecule has 0 amide bonds. The van der Waals surface area contributed by atoms with E-state index >= 15 is 0 Å². The van der Waals surface area contributed by atoms with Gasteiger partial charge in [0.1, 0.15) is 0 Å². The van der Waals surface area contributed by atoms with E-state index in [-0.39, 0.29) is 5.88 Å². The second kappa shape index (κ2) is 4.96. The molecule has 0 fully saturated rings. The van der Waals surface area contributed by atoms with Crippen molar-refractivity contribution < 1.29 is 5.11 Å². The molecule has 0 unspecified atom stereocenters. The molecule has 4 rings (SSSR count). The third-order valence-electron chi connectivity index (χ3n) is 3.40. The van der Waals surface area contributed by atoms with Gasteiger partial charge in [-0.05, 0) is 24.1 Å². The lowest BCUT2D eigenvalue weighted by molar-refractivity contribution is -0.274. The van der Waals surface area contributed by atoms with Crippen molar-refractivity contribution in [3.63, 3.8) is 0 Å². The van der Waals surface area contributed by atoms with Crippen LogP contribution in [0.2, 0.25) is 0 Å². The van der Waals surface area contributed by atoms with Gasteiger partial charge in [-0.1, -0.05) is 36.4 Å². The first kappa shape index (κ1) is 12.5. The Kier molecular flexibility index (Phi) is 2.83. The molecule has 3 aromatic heterocycles. The Hall–Kier alpha value is -3.21. The van der Waals surface area contributed by atoms with Crippen LogP contribution in [0.15, 0.2) is 66.9 Å². The van der Waals surface area contributed by atoms with E-state index in [0.29, 0.717) is 17.0 Å². The van der Waals surface area contributed by atoms with Crippen LogP contribution in [0, 0.1) is 0 Å². The molecule has 4 aromatic rings. The third-order valence-corrected chi connectivity index (χ3v) is 3.40. The van der Waals surface area contributed by atoms with Gasteiger partial charge in [0, 0.05) is 17.8 Å². The van der Waals surface area contributed by atoms with Gasteiger partial charge in [-0.15, -0.1) is 0 Å². The Morgan fingerprint density at radius 1 is 0.864 bits per heavy atom. The number of hydrogen-bond acceptors (Lipinski definition) is 4. The fraction of sp³-hybridized carbons (Fsp3) is 0. The van der Waals surface area contributed by atoms with Crippen LogP contribution in [0.5, 0.6) is 5.88 Å². The molecule has 0 aliphatic carbocycles. The van der Waals surface area contributed by atoms with Gasteiger partial charge < -0.3 is 5.11 Å². The Bertz CT molecular complexity index is 933. The summed E-state index contributed by atoms with van der Waals surface area (Å²) in [5.41, 5.74) is 3.60. The van der Waals surface area contributed by atoms with Crippen molar-refractivity contribution in [3.8, 4) is 28.5 Å². The highest BCUT2D eigenvalue weighted by atomic mass is 16.3. The predicted octanol–water partition coefficient (Wildman–Crippen LogP) is 2.53. The van der Waals surface area contributed by atoms with Crippen molar-refractivity contribution in [2.45, 2.75) is 0 Å². The highest BCUT2D eigenvalue weighted by Gasteiger charge is 2.10. The average Bonchev–Trinajstić information content (AvgIpc) is 2.99. The first-order chi connectivity index (χ1) is 10.8. The summed E-state index contributed by atoms with van der Waals surface area (Å²) in [5.74, 6) is -0.298. The van der Waals surface area contributed by atoms with Crippen LogP contribution in [0.25, 0.3) is 28.3 Å². The summed E-state index contributed by atoms with van der Waals surface area (Å²) in [6.07, 6.45) is 1.69. The lowest BCUT2D eigenvalue weighted by Crippen LogP contribution is -2.02. The maximum Gasteiger partial charge on any atom is 0.155 e. The quantitative estimate of drug-likeness (QED) is 0.568. The minimum absolute atomic E-state index is 0.298. The monoisotopic (exact) mass is 287 g/mol. The molecule has 0 aliphatic rings. The topological polar surface area (TPSA) is 66.1 Å². The molecule has 0 saturated carbocycles. The molecule has 1 aromatic carbocycles. The second-order valence-corrected chi connectivity index (χ2v) is 4.86. The smallest absolute Gasteiger partial charge is 0.155 e. The highest BCUT2D eigenvalue weighted by Crippen LogP contribution is 2.24. The number of benzene rings is 1. The van der Waals surface area contributed by atoms with Gasteiger partial charge in [0.2, 0.25) is 0 Å². The number of pyridine rings is 1. The molecule has 5 nitrogen and oxygen atoms in total. The van der Waals surface area contributed by atoms with Gasteiger partial charge in [0.25, 0.3) is 0 Å². The van der Waals surface area contributed by atoms with E-state index in [1.165, 1.54) is 6.07 Å². The first-order valence-electron chi connectivity index (χ1n) is 6.86. The van der Waals surface area contributed by atoms with Gasteiger partial charge >= 0.3 is 0 Å². The summed E-state index contributed by atoms with van der Waals surface area (Å²) in [7, 11) is 0. The third kappa shape index (κ3) is 2.09. The van der Waals surface area contributed by atoms with Crippen LogP contribution >= 0.6 is 0 Å². The molecule has 5 heteroatoms. The Labute approximate surface area is 126 Å². The van der Waals surface area contributed by atoms with Crippen LogP contribution in [-0.4, -0.2) is 19.6 Å². The molecule has 106 valence electrons. The second-order valence-electron chi connectivity index (χ2n) is 4.86. The number of aromatic nitrogens is 4. The largest absolute Gasteiger partial charge is 0.858 e. The molecule has 0 saturated heterocycles. The van der Waals surface area contributed by atoms with Gasteiger partial charge in [0.05, 0.1) is 17.1 Å². The molecule has 22 heavy (non-hydrogen) atoms. The molecule has 0 bridgehead atoms. The maximum atomic E-state index is 11.8. The molecule has 0 atom stereocenters. The van der Waals surface area contributed by atoms with Gasteiger partial charge in [0.15, 0.2) is 5.65 Å². The summed E-state index contributed by atoms with van der Waals surface area (Å²) >= 11 is 0. The minimum atomic E-state index is -0.298. The van der Waals surface area contributed by atoms with Gasteiger partial charge in [-0.3, -0.25) is 4.98 Å². The Morgan fingerprint density at radius 2 is 1.68 bits per heavy atom. The molecule has 0 spiro atoms. The molecule has 0 aliphatic heterocycles. The predicted molar refractivity (Wildman–Crippen MR) is 81.1 cm³/mol. The van der Waals surface area contributed by atoms with Crippen LogP contribution in [0.3, 0.4) is 0 Å². The van der Waals surface area contributed by atoms with E-state index in [9.17, 15) is 5.11 Å². The van der Waals surface area contributed by atoms with Crippen LogP contribution < -0.4 is 5.11 Å². The number of nitrogens with zero attached hydrogens (tertiary/aromatic N) is 4. The van der Waals surface area contributed by atoms with E-state index in [0.717, 1.165) is 11.3 Å². The standard InChI is InChI=1S/C17H12N4O/c22-17-11-15(13-8-4-5-9-18-13)21-16(19-17)10-14(20-21)12-6-2-1-3-7-12/h1-11H,(H,19,22)/p-1. The number of rotatable bonds is 2. The van der Waals surface area contributed by atoms with Crippen molar-refractivity contribution >= 4 is 5.65 Å². The van der Waals surface area contributed by atoms with Crippen molar-refractivity contribution in [2.24, 2.45) is 0 Å². The maximum absolute atomic E-state index is 11.8. The summed E-state index contributed by atoms with van der Waals surface area (Å²) in [4.78, 5) is 8.32. The van der Waals surface area contributed by atoms with Gasteiger partial charge in [-0.25, -0.2) is 9.50 Å². The molecular weight excluding hydrogens is 276 g/mol. The SMILES string of the molecule is [O-]c1cc(-c2ccccn2)n2nc(-c3ccccc3)cc2n1. The Balaban J connectivity index is 1.97. The molecule has 3 heterocycles. The number of hydrogen-bond donors (Lipinski definition) is 0. The zero-order chi connectivity index (χ0) is 14.9. The lowest BCUT2D eigenvalue weighted by atomic mass is 10.2. The summed E-state index contributed by atoms with van der Waals surface area (Å²) < 4.78 is 1.66. The minimum Gasteiger partial charge on any atom is -0.858 e. The summed E-state index contributed by atoms with van der Waals surface area (Å²) in [6, 6.07) is 18.6. The zero-order valence-corrected chi connectivity index (χ0v) is 11.5. The van der Waals surface area contributed by atoms with Crippen LogP contribution in [0.4, 0.5) is 0 Å². The molecule has 0 N–H and O–H groups in total. The summed E-state index contributed by atoms with van der Waals surface area (Å²) in [5, 5.41) is 16.4. The highest BCUT2D eigenvalue weighted by molar-refractivity contribution is 5.67. The van der Waals surface area contributed by atoms with Crippen molar-refractivity contribution in [1.29, 1.82) is 0 Å². The first-order valence-corrected chi connectivity index (χ1v) is 6.86. The van der Waals surface area contributed by atoms with E-state index in [1.807, 2.05) is 54.6 Å². The van der Waals surface area contributed by atoms with Gasteiger partial charge in [-0.2, -0.15) is 5.10 Å². The molecular formula is C17H11N4O-. The summed E-state index contributed by atoms with van der Waals surface area (Å²) in [6.45, 7) is 0. The average molecular weight is 287 g/mol. The van der Waals surface area contributed by atoms with Crippen LogP contribution in [-0.2, 0) is 0 Å². The van der Waals surface area contributed by atoms with E-state index in [4.69, 9.17) is 0 Å². The lowest BCUT2D eigenvalue weighted by Gasteiger charge is -2.09. The van der Waals surface area contributed by atoms with Crippen molar-refractivity contribution in [2.75, 3.05) is 0 Å². The fourth-order valence-electron chi connectivity index (χ4n) is 2.40. The Morgan fingerprint density at radius 3 is 2.45 bits per heavy atom. The van der Waals surface area contributed by atoms with E-state index in [1.54, 1.807) is 10.7 Å². The normalized spacial score (nSPS) is 10.9. The zero-order valence-electron chi connectivity index (χ0n) is 11.5. The van der Waals surface area contributed by atoms with Crippen molar-refractivity contribution in [3.05, 3.63) is 66.9 Å². The number of fused-ring (bicyclic) bond motifs is 1. The molecule has 0 radical (unpaired) electrons.